The van der Waals surface area contributed by atoms with E-state index < -0.39 is 18.6 Å². The van der Waals surface area contributed by atoms with Crippen molar-refractivity contribution in [1.29, 1.82) is 0 Å². The molecule has 0 saturated heterocycles. The van der Waals surface area contributed by atoms with Gasteiger partial charge in [-0.05, 0) is 13.3 Å². The van der Waals surface area contributed by atoms with Gasteiger partial charge in [-0.15, -0.1) is 6.58 Å². The van der Waals surface area contributed by atoms with Crippen LogP contribution in [0.2, 0.25) is 6.04 Å². The number of carbonyl (C=O) groups excluding carboxylic acids is 1. The van der Waals surface area contributed by atoms with Crippen LogP contribution in [0.15, 0.2) is 24.4 Å². The maximum atomic E-state index is 11.1. The van der Waals surface area contributed by atoms with E-state index in [4.69, 9.17) is 36.0 Å². The van der Waals surface area contributed by atoms with Crippen molar-refractivity contribution in [3.8, 4) is 0 Å². The molecular weight excluding hydrogens is 541 g/mol. The fraction of sp³-hybridized carbons (Fsp3) is 0.762. The van der Waals surface area contributed by atoms with E-state index in [1.807, 2.05) is 5.70 Å². The molecule has 0 aliphatic heterocycles. The number of esters is 1. The Morgan fingerprint density at radius 3 is 1.56 bits per heavy atom. The maximum Gasteiger partial charge on any atom is 0.500 e. The molecular formula is C21H52O11Si4. The Morgan fingerprint density at radius 2 is 1.25 bits per heavy atom. The van der Waals surface area contributed by atoms with Gasteiger partial charge in [0.2, 0.25) is 0 Å². The molecule has 0 amide bonds. The number of carbonyl (C=O) groups is 1. The summed E-state index contributed by atoms with van der Waals surface area (Å²) in [4.78, 5) is 11.1. The van der Waals surface area contributed by atoms with Crippen LogP contribution in [-0.2, 0) is 50.3 Å². The molecule has 0 aromatic carbocycles. The Labute approximate surface area is 228 Å². The lowest BCUT2D eigenvalue weighted by molar-refractivity contribution is -0.139. The van der Waals surface area contributed by atoms with Gasteiger partial charge in [-0.1, -0.05) is 12.3 Å². The van der Waals surface area contributed by atoms with Crippen LogP contribution in [0, 0.1) is 0 Å². The standard InChI is InChI=1S/C10H20O5Si.C5H12O2Si.2C3H10O2Si/c1-9(2)10(11)15-7-6-8-16(12-3,13-4)14-5;1-3-8-7-5-4-6-2;2*1-4-2-3-5-6/h1,6-8H2,2-5H3;3H,1,4-5,8H2,2H3;2*2-3H2,1,6H3. The van der Waals surface area contributed by atoms with E-state index in [0.717, 1.165) is 54.0 Å². The summed E-state index contributed by atoms with van der Waals surface area (Å²) in [6.07, 6.45) is 0.640. The van der Waals surface area contributed by atoms with Gasteiger partial charge in [-0.3, -0.25) is 0 Å². The van der Waals surface area contributed by atoms with Crippen molar-refractivity contribution in [3.05, 3.63) is 24.4 Å². The van der Waals surface area contributed by atoms with Crippen LogP contribution in [0.1, 0.15) is 13.3 Å². The average molecular weight is 593 g/mol. The van der Waals surface area contributed by atoms with E-state index in [0.29, 0.717) is 31.3 Å². The van der Waals surface area contributed by atoms with E-state index in [2.05, 4.69) is 22.6 Å². The van der Waals surface area contributed by atoms with Crippen LogP contribution in [0.25, 0.3) is 0 Å². The molecule has 0 atom stereocenters. The van der Waals surface area contributed by atoms with Crippen molar-refractivity contribution in [2.75, 3.05) is 88.9 Å². The van der Waals surface area contributed by atoms with E-state index >= 15 is 0 Å². The molecule has 218 valence electrons. The van der Waals surface area contributed by atoms with Crippen LogP contribution in [-0.4, -0.2) is 134 Å². The Hall–Kier alpha value is -0.542. The topological polar surface area (TPSA) is 109 Å². The second-order valence-electron chi connectivity index (χ2n) is 6.64. The molecule has 0 aliphatic rings. The van der Waals surface area contributed by atoms with Gasteiger partial charge in [0.25, 0.3) is 0 Å². The minimum absolute atomic E-state index is 0.316. The van der Waals surface area contributed by atoms with E-state index in [1.165, 1.54) is 0 Å². The zero-order valence-corrected chi connectivity index (χ0v) is 30.5. The molecule has 0 radical (unpaired) electrons. The third kappa shape index (κ3) is 35.6. The Bertz CT molecular complexity index is 447. The number of rotatable bonds is 19. The summed E-state index contributed by atoms with van der Waals surface area (Å²) in [6.45, 7) is 13.3. The molecule has 0 spiro atoms. The van der Waals surface area contributed by atoms with Gasteiger partial charge < -0.3 is 45.5 Å². The second kappa shape index (κ2) is 36.6. The molecule has 0 heterocycles. The minimum Gasteiger partial charge on any atom is -0.462 e. The molecule has 36 heavy (non-hydrogen) atoms. The zero-order chi connectivity index (χ0) is 28.5. The summed E-state index contributed by atoms with van der Waals surface area (Å²) < 4.78 is 49.5. The maximum absolute atomic E-state index is 11.1. The Kier molecular flexibility index (Phi) is 43.3. The molecule has 0 fully saturated rings. The SMILES string of the molecule is C=C(C)C(=O)OCCC[Si](OC)(OC)OC.C=C[SiH2]OCCOC.COCCO[SiH3].COCCO[SiH3]. The lowest BCUT2D eigenvalue weighted by Gasteiger charge is -2.24. The summed E-state index contributed by atoms with van der Waals surface area (Å²) in [5.74, 6) is -0.375. The molecule has 0 aromatic heterocycles. The highest BCUT2D eigenvalue weighted by molar-refractivity contribution is 6.60. The van der Waals surface area contributed by atoms with Gasteiger partial charge >= 0.3 is 14.8 Å². The number of hydrogen-bond donors (Lipinski definition) is 0. The third-order valence-electron chi connectivity index (χ3n) is 3.79. The highest BCUT2D eigenvalue weighted by Crippen LogP contribution is 2.14. The Balaban J connectivity index is -0.000000213. The normalized spacial score (nSPS) is 10.5. The summed E-state index contributed by atoms with van der Waals surface area (Å²) in [6, 6.07) is 0.611. The van der Waals surface area contributed by atoms with Crippen molar-refractivity contribution in [2.24, 2.45) is 0 Å². The monoisotopic (exact) mass is 592 g/mol. The predicted octanol–water partition coefficient (Wildman–Crippen LogP) is -0.890. The number of hydrogen-bond acceptors (Lipinski definition) is 11. The molecule has 0 unspecified atom stereocenters. The van der Waals surface area contributed by atoms with Crippen LogP contribution in [0.4, 0.5) is 0 Å². The van der Waals surface area contributed by atoms with Crippen molar-refractivity contribution in [1.82, 2.24) is 0 Å². The lowest BCUT2D eigenvalue weighted by atomic mass is 10.4. The quantitative estimate of drug-likeness (QED) is 0.0807. The van der Waals surface area contributed by atoms with Crippen molar-refractivity contribution < 1.29 is 50.3 Å². The van der Waals surface area contributed by atoms with Gasteiger partial charge in [-0.2, -0.15) is 0 Å². The zero-order valence-electron chi connectivity index (χ0n) is 24.1. The largest absolute Gasteiger partial charge is 0.500 e. The molecule has 0 N–H and O–H groups in total. The van der Waals surface area contributed by atoms with Crippen LogP contribution in [0.5, 0.6) is 0 Å². The van der Waals surface area contributed by atoms with Gasteiger partial charge in [0, 0.05) is 54.3 Å². The molecule has 0 saturated carbocycles. The summed E-state index contributed by atoms with van der Waals surface area (Å²) in [7, 11) is 8.37. The fourth-order valence-corrected chi connectivity index (χ4v) is 4.25. The summed E-state index contributed by atoms with van der Waals surface area (Å²) in [5, 5.41) is 0. The number of methoxy groups -OCH3 is 3. The van der Waals surface area contributed by atoms with Crippen molar-refractivity contribution in [3.63, 3.8) is 0 Å². The molecule has 0 aliphatic carbocycles. The third-order valence-corrected chi connectivity index (χ3v) is 8.20. The smallest absolute Gasteiger partial charge is 0.462 e. The van der Waals surface area contributed by atoms with Crippen molar-refractivity contribution in [2.45, 2.75) is 19.4 Å². The molecule has 11 nitrogen and oxygen atoms in total. The first-order chi connectivity index (χ1) is 17.3. The molecule has 0 bridgehead atoms. The summed E-state index contributed by atoms with van der Waals surface area (Å²) >= 11 is 0. The first kappa shape index (κ1) is 42.5. The minimum atomic E-state index is -2.53. The summed E-state index contributed by atoms with van der Waals surface area (Å²) in [5.41, 5.74) is 2.25. The highest BCUT2D eigenvalue weighted by Gasteiger charge is 2.36. The Morgan fingerprint density at radius 1 is 0.806 bits per heavy atom. The van der Waals surface area contributed by atoms with Gasteiger partial charge in [0.1, 0.15) is 21.0 Å². The van der Waals surface area contributed by atoms with Crippen molar-refractivity contribution >= 4 is 45.5 Å². The predicted molar refractivity (Wildman–Crippen MR) is 154 cm³/mol. The second-order valence-corrected chi connectivity index (χ2v) is 12.2. The van der Waals surface area contributed by atoms with E-state index in [9.17, 15) is 4.79 Å². The van der Waals surface area contributed by atoms with E-state index in [1.54, 1.807) is 49.6 Å². The first-order valence-corrected chi connectivity index (χ1v) is 16.3. The molecule has 15 heteroatoms. The molecule has 0 rings (SSSR count). The lowest BCUT2D eigenvalue weighted by Crippen LogP contribution is -2.42. The van der Waals surface area contributed by atoms with Gasteiger partial charge in [0.15, 0.2) is 9.76 Å². The molecule has 0 aromatic rings. The van der Waals surface area contributed by atoms with Crippen LogP contribution >= 0.6 is 0 Å². The van der Waals surface area contributed by atoms with Crippen LogP contribution < -0.4 is 0 Å². The highest BCUT2D eigenvalue weighted by atomic mass is 28.4. The average Bonchev–Trinajstić information content (AvgIpc) is 2.90. The van der Waals surface area contributed by atoms with Gasteiger partial charge in [-0.25, -0.2) is 4.79 Å². The van der Waals surface area contributed by atoms with Gasteiger partial charge in [0.05, 0.1) is 46.2 Å². The van der Waals surface area contributed by atoms with E-state index in [-0.39, 0.29) is 5.97 Å². The van der Waals surface area contributed by atoms with Crippen LogP contribution in [0.3, 0.4) is 0 Å². The number of ether oxygens (including phenoxy) is 4. The first-order valence-electron chi connectivity index (χ1n) is 11.4. The fourth-order valence-electron chi connectivity index (χ4n) is 1.78.